The van der Waals surface area contributed by atoms with Gasteiger partial charge in [0, 0.05) is 29.6 Å². The van der Waals surface area contributed by atoms with Crippen molar-refractivity contribution in [1.29, 1.82) is 0 Å². The third kappa shape index (κ3) is 3.19. The van der Waals surface area contributed by atoms with Gasteiger partial charge in [0.1, 0.15) is 6.04 Å². The van der Waals surface area contributed by atoms with Crippen LogP contribution in [0.4, 0.5) is 0 Å². The minimum Gasteiger partial charge on any atom is -0.468 e. The number of ether oxygens (including phenoxy) is 1. The molecule has 1 aromatic heterocycles. The first-order valence-electron chi connectivity index (χ1n) is 10.3. The van der Waals surface area contributed by atoms with Gasteiger partial charge in [0.05, 0.1) is 13.2 Å². The van der Waals surface area contributed by atoms with Crippen LogP contribution in [-0.4, -0.2) is 29.0 Å². The second-order valence-electron chi connectivity index (χ2n) is 7.78. The Balaban J connectivity index is 1.71. The van der Waals surface area contributed by atoms with Crippen LogP contribution in [0.2, 0.25) is 0 Å². The van der Waals surface area contributed by atoms with E-state index >= 15 is 0 Å². The molecule has 0 aliphatic carbocycles. The maximum atomic E-state index is 12.9. The second-order valence-corrected chi connectivity index (χ2v) is 7.78. The molecule has 4 nitrogen and oxygen atoms in total. The molecule has 0 fully saturated rings. The van der Waals surface area contributed by atoms with Crippen molar-refractivity contribution >= 4 is 16.9 Å². The van der Waals surface area contributed by atoms with Gasteiger partial charge in [0.2, 0.25) is 0 Å². The number of nitrogens with one attached hydrogen (secondary N) is 1. The molecule has 0 radical (unpaired) electrons. The number of fused-ring (bicyclic) bond motifs is 3. The van der Waals surface area contributed by atoms with E-state index in [1.807, 2.05) is 30.3 Å². The van der Waals surface area contributed by atoms with Gasteiger partial charge in [-0.25, -0.2) is 0 Å². The van der Waals surface area contributed by atoms with E-state index in [1.54, 1.807) is 0 Å². The van der Waals surface area contributed by atoms with E-state index in [9.17, 15) is 4.79 Å². The number of benzene rings is 3. The molecule has 0 unspecified atom stereocenters. The quantitative estimate of drug-likeness (QED) is 0.501. The molecule has 5 rings (SSSR count). The topological polar surface area (TPSA) is 45.3 Å². The van der Waals surface area contributed by atoms with Crippen molar-refractivity contribution in [2.75, 3.05) is 7.11 Å². The summed E-state index contributed by atoms with van der Waals surface area (Å²) in [5, 5.41) is 1.18. The molecule has 2 atom stereocenters. The second kappa shape index (κ2) is 7.81. The monoisotopic (exact) mass is 396 g/mol. The first-order valence-corrected chi connectivity index (χ1v) is 10.3. The first kappa shape index (κ1) is 18.6. The van der Waals surface area contributed by atoms with Crippen LogP contribution >= 0.6 is 0 Å². The number of carbonyl (C=O) groups is 1. The summed E-state index contributed by atoms with van der Waals surface area (Å²) in [4.78, 5) is 18.9. The van der Waals surface area contributed by atoms with E-state index in [-0.39, 0.29) is 18.1 Å². The molecule has 0 saturated carbocycles. The minimum absolute atomic E-state index is 0.0633. The van der Waals surface area contributed by atoms with Gasteiger partial charge >= 0.3 is 5.97 Å². The van der Waals surface area contributed by atoms with Crippen molar-refractivity contribution in [2.45, 2.75) is 25.0 Å². The lowest BCUT2D eigenvalue weighted by Crippen LogP contribution is -2.48. The Morgan fingerprint density at radius 1 is 0.967 bits per heavy atom. The Hall–Kier alpha value is -3.37. The summed E-state index contributed by atoms with van der Waals surface area (Å²) in [6.45, 7) is 0.662. The number of aromatic amines is 1. The zero-order valence-corrected chi connectivity index (χ0v) is 16.9. The molecule has 2 heterocycles. The summed E-state index contributed by atoms with van der Waals surface area (Å²) >= 11 is 0. The lowest BCUT2D eigenvalue weighted by atomic mass is 9.87. The summed E-state index contributed by atoms with van der Waals surface area (Å²) in [7, 11) is 1.48. The third-order valence-electron chi connectivity index (χ3n) is 6.05. The average molecular weight is 396 g/mol. The fourth-order valence-corrected chi connectivity index (χ4v) is 4.67. The molecule has 1 aliphatic heterocycles. The molecule has 0 amide bonds. The maximum Gasteiger partial charge on any atom is 0.323 e. The van der Waals surface area contributed by atoms with Gasteiger partial charge in [-0.05, 0) is 22.8 Å². The fourth-order valence-electron chi connectivity index (χ4n) is 4.67. The molecule has 0 bridgehead atoms. The number of H-pyrrole nitrogens is 1. The van der Waals surface area contributed by atoms with Crippen LogP contribution in [0, 0.1) is 0 Å². The number of aromatic nitrogens is 1. The Kier molecular flexibility index (Phi) is 4.85. The number of hydrogen-bond donors (Lipinski definition) is 1. The lowest BCUT2D eigenvalue weighted by molar-refractivity contribution is -0.148. The number of methoxy groups -OCH3 is 1. The first-order chi connectivity index (χ1) is 14.8. The molecular weight excluding hydrogens is 372 g/mol. The van der Waals surface area contributed by atoms with E-state index in [1.165, 1.54) is 29.3 Å². The van der Waals surface area contributed by atoms with Gasteiger partial charge < -0.3 is 9.72 Å². The zero-order chi connectivity index (χ0) is 20.5. The van der Waals surface area contributed by atoms with Crippen LogP contribution in [-0.2, 0) is 22.5 Å². The SMILES string of the molecule is COC(=O)[C@H]1Cc2c([nH]c3ccccc23)[C@@H](c2ccccc2)N1Cc1ccccc1. The number of hydrogen-bond acceptors (Lipinski definition) is 3. The Morgan fingerprint density at radius 2 is 1.63 bits per heavy atom. The highest BCUT2D eigenvalue weighted by atomic mass is 16.5. The summed E-state index contributed by atoms with van der Waals surface area (Å²) in [6.07, 6.45) is 0.627. The van der Waals surface area contributed by atoms with E-state index < -0.39 is 0 Å². The molecule has 0 saturated heterocycles. The van der Waals surface area contributed by atoms with Crippen molar-refractivity contribution in [1.82, 2.24) is 9.88 Å². The minimum atomic E-state index is -0.355. The van der Waals surface area contributed by atoms with Gasteiger partial charge in [-0.15, -0.1) is 0 Å². The molecule has 30 heavy (non-hydrogen) atoms. The van der Waals surface area contributed by atoms with Gasteiger partial charge in [-0.3, -0.25) is 9.69 Å². The normalized spacial score (nSPS) is 18.8. The summed E-state index contributed by atoms with van der Waals surface area (Å²) in [5.41, 5.74) is 5.81. The molecular formula is C26H24N2O2. The Labute approximate surface area is 176 Å². The zero-order valence-electron chi connectivity index (χ0n) is 16.9. The molecule has 4 heteroatoms. The molecule has 4 aromatic rings. The van der Waals surface area contributed by atoms with Crippen LogP contribution in [0.25, 0.3) is 10.9 Å². The molecule has 0 spiro atoms. The number of rotatable bonds is 4. The van der Waals surface area contributed by atoms with Crippen LogP contribution in [0.1, 0.15) is 28.4 Å². The fraction of sp³-hybridized carbons (Fsp3) is 0.192. The molecule has 1 aliphatic rings. The predicted molar refractivity (Wildman–Crippen MR) is 118 cm³/mol. The van der Waals surface area contributed by atoms with Gasteiger partial charge in [0.25, 0.3) is 0 Å². The molecule has 3 aromatic carbocycles. The van der Waals surface area contributed by atoms with Crippen molar-refractivity contribution in [2.24, 2.45) is 0 Å². The van der Waals surface area contributed by atoms with Crippen molar-refractivity contribution in [3.8, 4) is 0 Å². The van der Waals surface area contributed by atoms with E-state index in [2.05, 4.69) is 64.5 Å². The van der Waals surface area contributed by atoms with Gasteiger partial charge in [0.15, 0.2) is 0 Å². The number of nitrogens with zero attached hydrogens (tertiary/aromatic N) is 1. The van der Waals surface area contributed by atoms with Crippen molar-refractivity contribution in [3.05, 3.63) is 107 Å². The summed E-state index contributed by atoms with van der Waals surface area (Å²) in [6, 6.07) is 28.6. The summed E-state index contributed by atoms with van der Waals surface area (Å²) in [5.74, 6) is -0.192. The highest BCUT2D eigenvalue weighted by molar-refractivity contribution is 5.87. The van der Waals surface area contributed by atoms with Crippen LogP contribution in [0.15, 0.2) is 84.9 Å². The van der Waals surface area contributed by atoms with E-state index in [0.29, 0.717) is 13.0 Å². The van der Waals surface area contributed by atoms with Crippen LogP contribution < -0.4 is 0 Å². The van der Waals surface area contributed by atoms with E-state index in [4.69, 9.17) is 4.74 Å². The highest BCUT2D eigenvalue weighted by Crippen LogP contribution is 2.41. The van der Waals surface area contributed by atoms with Crippen LogP contribution in [0.5, 0.6) is 0 Å². The van der Waals surface area contributed by atoms with Crippen molar-refractivity contribution in [3.63, 3.8) is 0 Å². The average Bonchev–Trinajstić information content (AvgIpc) is 3.17. The van der Waals surface area contributed by atoms with Gasteiger partial charge in [-0.2, -0.15) is 0 Å². The number of para-hydroxylation sites is 1. The Morgan fingerprint density at radius 3 is 2.37 bits per heavy atom. The number of esters is 1. The summed E-state index contributed by atoms with van der Waals surface area (Å²) < 4.78 is 5.25. The Bertz CT molecular complexity index is 1170. The molecule has 1 N–H and O–H groups in total. The largest absolute Gasteiger partial charge is 0.468 e. The lowest BCUT2D eigenvalue weighted by Gasteiger charge is -2.41. The van der Waals surface area contributed by atoms with Crippen molar-refractivity contribution < 1.29 is 9.53 Å². The van der Waals surface area contributed by atoms with E-state index in [0.717, 1.165) is 11.1 Å². The van der Waals surface area contributed by atoms with Gasteiger partial charge in [-0.1, -0.05) is 78.9 Å². The third-order valence-corrected chi connectivity index (χ3v) is 6.05. The smallest absolute Gasteiger partial charge is 0.323 e. The predicted octanol–water partition coefficient (Wildman–Crippen LogP) is 4.86. The standard InChI is InChI=1S/C26H24N2O2/c1-30-26(29)23-16-21-20-14-8-9-15-22(20)27-24(21)25(19-12-6-3-7-13-19)28(23)17-18-10-4-2-5-11-18/h2-15,23,25,27H,16-17H2,1H3/t23-,25-/m1/s1. The van der Waals surface area contributed by atoms with Crippen LogP contribution in [0.3, 0.4) is 0 Å². The number of carbonyl (C=O) groups excluding carboxylic acids is 1. The molecule has 150 valence electrons. The maximum absolute atomic E-state index is 12.9. The highest BCUT2D eigenvalue weighted by Gasteiger charge is 2.41.